The van der Waals surface area contributed by atoms with Crippen LogP contribution in [0.2, 0.25) is 0 Å². The number of nitrogens with one attached hydrogen (secondary N) is 1. The Kier molecular flexibility index (Phi) is 2.70. The van der Waals surface area contributed by atoms with Gasteiger partial charge in [0.1, 0.15) is 0 Å². The van der Waals surface area contributed by atoms with Crippen LogP contribution in [0.5, 0.6) is 0 Å². The number of hydrogen-bond donors (Lipinski definition) is 2. The number of nitrogens with two attached hydrogens (primary N) is 1. The molecule has 0 amide bonds. The maximum atomic E-state index is 6.20. The molecule has 0 bridgehead atoms. The van der Waals surface area contributed by atoms with Gasteiger partial charge < -0.3 is 11.1 Å². The summed E-state index contributed by atoms with van der Waals surface area (Å²) in [6.07, 6.45) is 6.47. The molecular formula is C14H20N2. The van der Waals surface area contributed by atoms with E-state index < -0.39 is 0 Å². The normalized spacial score (nSPS) is 20.8. The monoisotopic (exact) mass is 216 g/mol. The number of aryl methyl sites for hydroxylation is 2. The topological polar surface area (TPSA) is 38.0 Å². The first-order valence-electron chi connectivity index (χ1n) is 6.43. The van der Waals surface area contributed by atoms with Gasteiger partial charge in [0.25, 0.3) is 0 Å². The molecule has 0 aromatic heterocycles. The smallest absolute Gasteiger partial charge is 0.0421 e. The molecule has 3 rings (SSSR count). The lowest BCUT2D eigenvalue weighted by Crippen LogP contribution is -2.28. The van der Waals surface area contributed by atoms with Gasteiger partial charge in [-0.05, 0) is 48.8 Å². The second-order valence-electron chi connectivity index (χ2n) is 5.17. The summed E-state index contributed by atoms with van der Waals surface area (Å²) in [4.78, 5) is 0. The van der Waals surface area contributed by atoms with E-state index in [-0.39, 0.29) is 6.04 Å². The zero-order valence-corrected chi connectivity index (χ0v) is 9.71. The van der Waals surface area contributed by atoms with Crippen LogP contribution >= 0.6 is 0 Å². The van der Waals surface area contributed by atoms with Gasteiger partial charge in [-0.2, -0.15) is 0 Å². The van der Waals surface area contributed by atoms with E-state index in [2.05, 4.69) is 23.5 Å². The lowest BCUT2D eigenvalue weighted by molar-refractivity contribution is 0.595. The van der Waals surface area contributed by atoms with Gasteiger partial charge >= 0.3 is 0 Å². The molecule has 86 valence electrons. The highest BCUT2D eigenvalue weighted by Gasteiger charge is 2.21. The van der Waals surface area contributed by atoms with Crippen molar-refractivity contribution in [3.05, 3.63) is 34.9 Å². The van der Waals surface area contributed by atoms with Crippen LogP contribution in [-0.4, -0.2) is 12.6 Å². The Labute approximate surface area is 97.2 Å². The maximum Gasteiger partial charge on any atom is 0.0421 e. The minimum Gasteiger partial charge on any atom is -0.323 e. The van der Waals surface area contributed by atoms with Gasteiger partial charge in [-0.25, -0.2) is 0 Å². The van der Waals surface area contributed by atoms with Gasteiger partial charge in [0.2, 0.25) is 0 Å². The molecule has 1 saturated carbocycles. The highest BCUT2D eigenvalue weighted by atomic mass is 15.0. The number of benzene rings is 1. The zero-order valence-electron chi connectivity index (χ0n) is 9.71. The zero-order chi connectivity index (χ0) is 11.0. The van der Waals surface area contributed by atoms with Crippen LogP contribution in [0.25, 0.3) is 0 Å². The van der Waals surface area contributed by atoms with E-state index in [1.807, 2.05) is 0 Å². The van der Waals surface area contributed by atoms with Gasteiger partial charge in [0, 0.05) is 18.6 Å². The first-order chi connectivity index (χ1) is 7.83. The van der Waals surface area contributed by atoms with Gasteiger partial charge in [-0.3, -0.25) is 0 Å². The van der Waals surface area contributed by atoms with E-state index in [0.29, 0.717) is 0 Å². The lowest BCUT2D eigenvalue weighted by atomic mass is 10.0. The quantitative estimate of drug-likeness (QED) is 0.807. The van der Waals surface area contributed by atoms with Crippen LogP contribution in [0.1, 0.15) is 42.0 Å². The molecule has 2 heteroatoms. The van der Waals surface area contributed by atoms with Gasteiger partial charge in [-0.1, -0.05) is 18.2 Å². The summed E-state index contributed by atoms with van der Waals surface area (Å²) in [5, 5.41) is 3.50. The Hall–Kier alpha value is -0.860. The number of rotatable bonds is 4. The first-order valence-corrected chi connectivity index (χ1v) is 6.43. The lowest BCUT2D eigenvalue weighted by Gasteiger charge is -2.14. The third kappa shape index (κ3) is 2.13. The van der Waals surface area contributed by atoms with Gasteiger partial charge in [0.05, 0.1) is 0 Å². The van der Waals surface area contributed by atoms with Crippen LogP contribution in [0.4, 0.5) is 0 Å². The van der Waals surface area contributed by atoms with Crippen LogP contribution in [0, 0.1) is 0 Å². The van der Waals surface area contributed by atoms with Crippen LogP contribution in [0.3, 0.4) is 0 Å². The summed E-state index contributed by atoms with van der Waals surface area (Å²) in [7, 11) is 0. The molecule has 1 unspecified atom stereocenters. The van der Waals surface area contributed by atoms with E-state index in [9.17, 15) is 0 Å². The molecule has 1 fully saturated rings. The van der Waals surface area contributed by atoms with Crippen molar-refractivity contribution in [2.45, 2.75) is 44.2 Å². The second-order valence-corrected chi connectivity index (χ2v) is 5.17. The fraction of sp³-hybridized carbons (Fsp3) is 0.571. The third-order valence-electron chi connectivity index (χ3n) is 3.75. The molecule has 2 aliphatic carbocycles. The number of fused-ring (bicyclic) bond motifs is 1. The van der Waals surface area contributed by atoms with Crippen molar-refractivity contribution >= 4 is 0 Å². The average Bonchev–Trinajstić information content (AvgIpc) is 3.01. The van der Waals surface area contributed by atoms with E-state index in [1.54, 1.807) is 0 Å². The van der Waals surface area contributed by atoms with Crippen molar-refractivity contribution in [1.29, 1.82) is 0 Å². The van der Waals surface area contributed by atoms with E-state index in [1.165, 1.54) is 48.8 Å². The molecule has 2 aliphatic rings. The fourth-order valence-corrected chi connectivity index (χ4v) is 2.52. The van der Waals surface area contributed by atoms with Gasteiger partial charge in [-0.15, -0.1) is 0 Å². The fourth-order valence-electron chi connectivity index (χ4n) is 2.52. The van der Waals surface area contributed by atoms with Crippen molar-refractivity contribution in [2.75, 3.05) is 6.54 Å². The summed E-state index contributed by atoms with van der Waals surface area (Å²) < 4.78 is 0. The largest absolute Gasteiger partial charge is 0.323 e. The van der Waals surface area contributed by atoms with E-state index in [0.717, 1.165) is 12.6 Å². The Morgan fingerprint density at radius 2 is 2.06 bits per heavy atom. The van der Waals surface area contributed by atoms with Crippen molar-refractivity contribution in [3.63, 3.8) is 0 Å². The van der Waals surface area contributed by atoms with Crippen LogP contribution < -0.4 is 11.1 Å². The average molecular weight is 216 g/mol. The first kappa shape index (κ1) is 10.3. The van der Waals surface area contributed by atoms with E-state index in [4.69, 9.17) is 5.73 Å². The molecule has 0 aliphatic heterocycles. The van der Waals surface area contributed by atoms with Crippen molar-refractivity contribution in [3.8, 4) is 0 Å². The molecule has 16 heavy (non-hydrogen) atoms. The third-order valence-corrected chi connectivity index (χ3v) is 3.75. The summed E-state index contributed by atoms with van der Waals surface area (Å²) in [6, 6.07) is 7.71. The maximum absolute atomic E-state index is 6.20. The molecule has 1 atom stereocenters. The molecule has 0 spiro atoms. The Balaban J connectivity index is 1.67. The van der Waals surface area contributed by atoms with Crippen molar-refractivity contribution in [1.82, 2.24) is 5.32 Å². The summed E-state index contributed by atoms with van der Waals surface area (Å²) in [6.45, 7) is 0.920. The molecular weight excluding hydrogens is 196 g/mol. The Morgan fingerprint density at radius 1 is 1.25 bits per heavy atom. The summed E-state index contributed by atoms with van der Waals surface area (Å²) >= 11 is 0. The highest BCUT2D eigenvalue weighted by Crippen LogP contribution is 2.25. The molecule has 0 heterocycles. The Bertz CT molecular complexity index is 382. The van der Waals surface area contributed by atoms with Gasteiger partial charge in [0.15, 0.2) is 0 Å². The molecule has 0 radical (unpaired) electrons. The second kappa shape index (κ2) is 4.19. The van der Waals surface area contributed by atoms with Crippen LogP contribution in [-0.2, 0) is 12.8 Å². The molecule has 2 nitrogen and oxygen atoms in total. The molecule has 3 N–H and O–H groups in total. The highest BCUT2D eigenvalue weighted by molar-refractivity contribution is 5.36. The SMILES string of the molecule is NC(CNC1CC1)c1ccc2c(c1)CCC2. The Morgan fingerprint density at radius 3 is 2.88 bits per heavy atom. The minimum atomic E-state index is 0.159. The van der Waals surface area contributed by atoms with Crippen LogP contribution in [0.15, 0.2) is 18.2 Å². The predicted octanol–water partition coefficient (Wildman–Crippen LogP) is 1.93. The summed E-state index contributed by atoms with van der Waals surface area (Å²) in [5.41, 5.74) is 10.6. The van der Waals surface area contributed by atoms with E-state index >= 15 is 0 Å². The minimum absolute atomic E-state index is 0.159. The van der Waals surface area contributed by atoms with Crippen molar-refractivity contribution < 1.29 is 0 Å². The predicted molar refractivity (Wildman–Crippen MR) is 66.4 cm³/mol. The molecule has 1 aromatic carbocycles. The molecule has 1 aromatic rings. The molecule has 0 saturated heterocycles. The standard InChI is InChI=1S/C14H20N2/c15-14(9-16-13-6-7-13)12-5-4-10-2-1-3-11(10)8-12/h4-5,8,13-14,16H,1-3,6-7,9,15H2. The van der Waals surface area contributed by atoms with Crippen molar-refractivity contribution in [2.24, 2.45) is 5.73 Å². The summed E-state index contributed by atoms with van der Waals surface area (Å²) in [5.74, 6) is 0. The number of hydrogen-bond acceptors (Lipinski definition) is 2.